The van der Waals surface area contributed by atoms with Gasteiger partial charge in [0.2, 0.25) is 5.91 Å². The topological polar surface area (TPSA) is 121 Å². The van der Waals surface area contributed by atoms with E-state index in [0.717, 1.165) is 4.57 Å². The second kappa shape index (κ2) is 8.20. The Labute approximate surface area is 156 Å². The number of carboxylic acids is 1. The first-order valence-corrected chi connectivity index (χ1v) is 8.95. The lowest BCUT2D eigenvalue weighted by atomic mass is 9.97. The van der Waals surface area contributed by atoms with Crippen LogP contribution in [0.3, 0.4) is 0 Å². The zero-order valence-electron chi connectivity index (χ0n) is 15.9. The van der Waals surface area contributed by atoms with Crippen LogP contribution in [0.4, 0.5) is 0 Å². The van der Waals surface area contributed by atoms with Crippen molar-refractivity contribution in [3.63, 3.8) is 0 Å². The maximum absolute atomic E-state index is 12.9. The van der Waals surface area contributed by atoms with Crippen LogP contribution in [0.2, 0.25) is 0 Å². The van der Waals surface area contributed by atoms with Gasteiger partial charge in [-0.15, -0.1) is 0 Å². The van der Waals surface area contributed by atoms with E-state index < -0.39 is 41.1 Å². The van der Waals surface area contributed by atoms with Crippen molar-refractivity contribution < 1.29 is 14.7 Å². The van der Waals surface area contributed by atoms with Crippen LogP contribution in [-0.2, 0) is 9.59 Å². The summed E-state index contributed by atoms with van der Waals surface area (Å²) in [6.07, 6.45) is 0.556. The van der Waals surface area contributed by atoms with E-state index >= 15 is 0 Å². The van der Waals surface area contributed by atoms with Crippen LogP contribution in [0.15, 0.2) is 33.9 Å². The monoisotopic (exact) mass is 375 g/mol. The maximum Gasteiger partial charge on any atom is 0.329 e. The Hall–Kier alpha value is -2.90. The van der Waals surface area contributed by atoms with Crippen molar-refractivity contribution in [2.75, 3.05) is 0 Å². The molecule has 8 nitrogen and oxygen atoms in total. The molecular formula is C19H25N3O5. The predicted molar refractivity (Wildman–Crippen MR) is 102 cm³/mol. The van der Waals surface area contributed by atoms with E-state index in [1.165, 1.54) is 0 Å². The standard InChI is InChI=1S/C19H25N3O5/c1-5-11(4)14(18(25)26)21-16(23)15(10(2)3)22-17(24)12-8-6-7-9-13(12)20-19(22)27/h6-11,14-15H,5H2,1-4H3,(H,20,27)(H,21,23)(H,25,26)/t11-,14+,15-/m1/s1. The normalized spacial score (nSPS) is 14.7. The van der Waals surface area contributed by atoms with E-state index in [4.69, 9.17) is 0 Å². The van der Waals surface area contributed by atoms with Gasteiger partial charge in [-0.25, -0.2) is 14.2 Å². The van der Waals surface area contributed by atoms with Crippen LogP contribution in [0.5, 0.6) is 0 Å². The van der Waals surface area contributed by atoms with Gasteiger partial charge in [0, 0.05) is 0 Å². The van der Waals surface area contributed by atoms with Gasteiger partial charge < -0.3 is 15.4 Å². The van der Waals surface area contributed by atoms with E-state index in [9.17, 15) is 24.3 Å². The number of carbonyl (C=O) groups excluding carboxylic acids is 1. The zero-order valence-corrected chi connectivity index (χ0v) is 15.9. The molecule has 0 spiro atoms. The number of carbonyl (C=O) groups is 2. The number of para-hydroxylation sites is 1. The van der Waals surface area contributed by atoms with Crippen molar-refractivity contribution in [3.05, 3.63) is 45.1 Å². The molecule has 1 aromatic heterocycles. The summed E-state index contributed by atoms with van der Waals surface area (Å²) in [6, 6.07) is 4.31. The molecule has 1 aromatic carbocycles. The Morgan fingerprint density at radius 1 is 1.19 bits per heavy atom. The molecule has 146 valence electrons. The molecule has 2 rings (SSSR count). The molecule has 0 unspecified atom stereocenters. The van der Waals surface area contributed by atoms with Gasteiger partial charge in [0.1, 0.15) is 12.1 Å². The van der Waals surface area contributed by atoms with Crippen molar-refractivity contribution >= 4 is 22.8 Å². The van der Waals surface area contributed by atoms with Gasteiger partial charge in [-0.1, -0.05) is 46.2 Å². The Kier molecular flexibility index (Phi) is 6.20. The third kappa shape index (κ3) is 4.10. The van der Waals surface area contributed by atoms with Crippen molar-refractivity contribution in [2.24, 2.45) is 11.8 Å². The third-order valence-corrected chi connectivity index (χ3v) is 4.79. The number of nitrogens with zero attached hydrogens (tertiary/aromatic N) is 1. The number of aromatic amines is 1. The second-order valence-corrected chi connectivity index (χ2v) is 7.05. The average Bonchev–Trinajstić information content (AvgIpc) is 2.61. The number of amides is 1. The molecule has 27 heavy (non-hydrogen) atoms. The molecule has 0 fully saturated rings. The Bertz CT molecular complexity index is 960. The largest absolute Gasteiger partial charge is 0.480 e. The van der Waals surface area contributed by atoms with Crippen molar-refractivity contribution in [3.8, 4) is 0 Å². The summed E-state index contributed by atoms with van der Waals surface area (Å²) >= 11 is 0. The number of H-pyrrole nitrogens is 1. The summed E-state index contributed by atoms with van der Waals surface area (Å²) in [4.78, 5) is 52.4. The van der Waals surface area contributed by atoms with Crippen LogP contribution in [0.25, 0.3) is 10.9 Å². The highest BCUT2D eigenvalue weighted by atomic mass is 16.4. The number of hydrogen-bond donors (Lipinski definition) is 3. The fourth-order valence-electron chi connectivity index (χ4n) is 3.07. The summed E-state index contributed by atoms with van der Waals surface area (Å²) in [5.41, 5.74) is -0.906. The molecule has 0 aliphatic heterocycles. The molecule has 0 radical (unpaired) electrons. The minimum absolute atomic E-state index is 0.285. The highest BCUT2D eigenvalue weighted by Crippen LogP contribution is 2.17. The van der Waals surface area contributed by atoms with Gasteiger partial charge in [-0.2, -0.15) is 0 Å². The minimum atomic E-state index is -1.15. The van der Waals surface area contributed by atoms with E-state index in [-0.39, 0.29) is 11.3 Å². The number of aromatic nitrogens is 2. The molecular weight excluding hydrogens is 350 g/mol. The molecule has 0 aliphatic rings. The number of aliphatic carboxylic acids is 1. The van der Waals surface area contributed by atoms with Crippen molar-refractivity contribution in [1.82, 2.24) is 14.9 Å². The smallest absolute Gasteiger partial charge is 0.329 e. The summed E-state index contributed by atoms with van der Waals surface area (Å²) in [5.74, 6) is -2.53. The number of rotatable bonds is 7. The highest BCUT2D eigenvalue weighted by Gasteiger charge is 2.33. The quantitative estimate of drug-likeness (QED) is 0.677. The van der Waals surface area contributed by atoms with Gasteiger partial charge in [0.15, 0.2) is 0 Å². The fourth-order valence-corrected chi connectivity index (χ4v) is 3.07. The number of carboxylic acid groups (broad SMARTS) is 1. The van der Waals surface area contributed by atoms with Crippen molar-refractivity contribution in [2.45, 2.75) is 46.2 Å². The number of fused-ring (bicyclic) bond motifs is 1. The van der Waals surface area contributed by atoms with E-state index in [0.29, 0.717) is 11.9 Å². The zero-order chi connectivity index (χ0) is 20.3. The lowest BCUT2D eigenvalue weighted by molar-refractivity contribution is -0.144. The number of benzene rings is 1. The Morgan fingerprint density at radius 2 is 1.81 bits per heavy atom. The molecule has 3 atom stereocenters. The summed E-state index contributed by atoms with van der Waals surface area (Å²) in [7, 11) is 0. The molecule has 3 N–H and O–H groups in total. The van der Waals surface area contributed by atoms with Gasteiger partial charge in [0.05, 0.1) is 10.9 Å². The van der Waals surface area contributed by atoms with Crippen molar-refractivity contribution in [1.29, 1.82) is 0 Å². The van der Waals surface area contributed by atoms with Gasteiger partial charge in [0.25, 0.3) is 5.56 Å². The molecule has 0 saturated carbocycles. The lowest BCUT2D eigenvalue weighted by Gasteiger charge is -2.26. The van der Waals surface area contributed by atoms with Crippen LogP contribution in [0, 0.1) is 11.8 Å². The average molecular weight is 375 g/mol. The maximum atomic E-state index is 12.9. The number of hydrogen-bond acceptors (Lipinski definition) is 4. The van der Waals surface area contributed by atoms with Gasteiger partial charge in [-0.05, 0) is 24.0 Å². The summed E-state index contributed by atoms with van der Waals surface area (Å²) < 4.78 is 0.873. The van der Waals surface area contributed by atoms with Crippen LogP contribution in [-0.4, -0.2) is 32.6 Å². The Morgan fingerprint density at radius 3 is 2.37 bits per heavy atom. The molecule has 1 amide bonds. The van der Waals surface area contributed by atoms with Gasteiger partial charge in [-0.3, -0.25) is 9.59 Å². The van der Waals surface area contributed by atoms with E-state index in [1.807, 2.05) is 6.92 Å². The molecule has 2 aromatic rings. The SMILES string of the molecule is CC[C@@H](C)[C@H](NC(=O)[C@@H](C(C)C)n1c(=O)[nH]c2ccccc2c1=O)C(=O)O. The third-order valence-electron chi connectivity index (χ3n) is 4.79. The first kappa shape index (κ1) is 20.4. The summed E-state index contributed by atoms with van der Waals surface area (Å²) in [5, 5.41) is 12.2. The first-order chi connectivity index (χ1) is 12.7. The highest BCUT2D eigenvalue weighted by molar-refractivity contribution is 5.86. The van der Waals surface area contributed by atoms with Crippen LogP contribution in [0.1, 0.15) is 40.2 Å². The lowest BCUT2D eigenvalue weighted by Crippen LogP contribution is -2.52. The molecule has 0 saturated heterocycles. The van der Waals surface area contributed by atoms with E-state index in [1.54, 1.807) is 45.0 Å². The predicted octanol–water partition coefficient (Wildman–Crippen LogP) is 1.50. The summed E-state index contributed by atoms with van der Waals surface area (Å²) in [6.45, 7) is 6.94. The van der Waals surface area contributed by atoms with Crippen LogP contribution >= 0.6 is 0 Å². The minimum Gasteiger partial charge on any atom is -0.480 e. The Balaban J connectivity index is 2.54. The number of nitrogens with one attached hydrogen (secondary N) is 2. The van der Waals surface area contributed by atoms with Crippen LogP contribution < -0.4 is 16.6 Å². The fraction of sp³-hybridized carbons (Fsp3) is 0.474. The molecule has 1 heterocycles. The molecule has 0 bridgehead atoms. The first-order valence-electron chi connectivity index (χ1n) is 8.95. The van der Waals surface area contributed by atoms with Gasteiger partial charge >= 0.3 is 11.7 Å². The molecule has 0 aliphatic carbocycles. The van der Waals surface area contributed by atoms with E-state index in [2.05, 4.69) is 10.3 Å². The molecule has 8 heteroatoms. The second-order valence-electron chi connectivity index (χ2n) is 7.05.